The van der Waals surface area contributed by atoms with Crippen molar-refractivity contribution in [2.45, 2.75) is 44.8 Å². The number of fused-ring (bicyclic) bond motifs is 1. The molecular formula is C22H29FN2O4. The molecule has 2 saturated carbocycles. The van der Waals surface area contributed by atoms with E-state index in [9.17, 15) is 14.0 Å². The summed E-state index contributed by atoms with van der Waals surface area (Å²) in [6.07, 6.45) is 4.09. The molecular weight excluding hydrogens is 375 g/mol. The fourth-order valence-electron chi connectivity index (χ4n) is 4.70. The van der Waals surface area contributed by atoms with Crippen molar-refractivity contribution in [2.24, 2.45) is 17.8 Å². The maximum absolute atomic E-state index is 14.0. The minimum absolute atomic E-state index is 0.00534. The first kappa shape index (κ1) is 20.1. The summed E-state index contributed by atoms with van der Waals surface area (Å²) >= 11 is 0. The van der Waals surface area contributed by atoms with Crippen molar-refractivity contribution in [1.29, 1.82) is 0 Å². The smallest absolute Gasteiger partial charge is 0.253 e. The Hall–Kier alpha value is -2.15. The molecule has 4 atom stereocenters. The molecule has 158 valence electrons. The first-order chi connectivity index (χ1) is 13.9. The van der Waals surface area contributed by atoms with Gasteiger partial charge in [-0.05, 0) is 61.6 Å². The zero-order valence-electron chi connectivity index (χ0n) is 17.0. The second kappa shape index (κ2) is 8.30. The Morgan fingerprint density at radius 2 is 1.93 bits per heavy atom. The van der Waals surface area contributed by atoms with Gasteiger partial charge in [-0.1, -0.05) is 0 Å². The van der Waals surface area contributed by atoms with Gasteiger partial charge in [0.05, 0.1) is 19.3 Å². The average molecular weight is 404 g/mol. The lowest BCUT2D eigenvalue weighted by Gasteiger charge is -2.38. The van der Waals surface area contributed by atoms with Gasteiger partial charge in [0.25, 0.3) is 5.91 Å². The standard InChI is InChI=1S/C22H29FN2O4/c1-13(26)24-19-8-16-10-25(11-17(16)9-21(19)29-12-14-3-4-14)22(27)15-5-6-20(28-2)18(23)7-15/h5-7,14,16-17,19,21H,3-4,8-12H2,1-2H3,(H,24,26)/t16-,17+,19-,21-/m1/s1. The topological polar surface area (TPSA) is 67.9 Å². The second-order valence-electron chi connectivity index (χ2n) is 8.67. The highest BCUT2D eigenvalue weighted by molar-refractivity contribution is 5.94. The van der Waals surface area contributed by atoms with Gasteiger partial charge in [0.1, 0.15) is 0 Å². The van der Waals surface area contributed by atoms with Gasteiger partial charge in [-0.25, -0.2) is 4.39 Å². The third-order valence-electron chi connectivity index (χ3n) is 6.43. The van der Waals surface area contributed by atoms with Crippen molar-refractivity contribution >= 4 is 11.8 Å². The molecule has 1 saturated heterocycles. The van der Waals surface area contributed by atoms with E-state index in [1.54, 1.807) is 6.07 Å². The highest BCUT2D eigenvalue weighted by atomic mass is 19.1. The van der Waals surface area contributed by atoms with E-state index in [0.717, 1.165) is 19.4 Å². The van der Waals surface area contributed by atoms with Crippen LogP contribution in [0.15, 0.2) is 18.2 Å². The van der Waals surface area contributed by atoms with Crippen molar-refractivity contribution in [3.05, 3.63) is 29.6 Å². The molecule has 0 bridgehead atoms. The number of ether oxygens (including phenoxy) is 2. The summed E-state index contributed by atoms with van der Waals surface area (Å²) in [6, 6.07) is 4.32. The third-order valence-corrected chi connectivity index (χ3v) is 6.43. The number of halogens is 1. The average Bonchev–Trinajstić information content (AvgIpc) is 3.43. The molecule has 1 aromatic rings. The maximum Gasteiger partial charge on any atom is 0.253 e. The molecule has 1 heterocycles. The quantitative estimate of drug-likeness (QED) is 0.792. The molecule has 1 aromatic carbocycles. The Bertz CT molecular complexity index is 782. The molecule has 7 heteroatoms. The normalized spacial score (nSPS) is 28.7. The lowest BCUT2D eigenvalue weighted by atomic mass is 9.77. The van der Waals surface area contributed by atoms with Crippen LogP contribution in [-0.4, -0.2) is 55.7 Å². The summed E-state index contributed by atoms with van der Waals surface area (Å²) in [6.45, 7) is 3.56. The minimum atomic E-state index is -0.533. The van der Waals surface area contributed by atoms with E-state index in [-0.39, 0.29) is 29.7 Å². The van der Waals surface area contributed by atoms with E-state index >= 15 is 0 Å². The first-order valence-electron chi connectivity index (χ1n) is 10.5. The molecule has 2 amide bonds. The van der Waals surface area contributed by atoms with Crippen LogP contribution >= 0.6 is 0 Å². The number of rotatable bonds is 6. The SMILES string of the molecule is COc1ccc(C(=O)N2C[C@H]3C[C@@H](NC(C)=O)[C@H](OCC4CC4)C[C@H]3C2)cc1F. The van der Waals surface area contributed by atoms with Crippen molar-refractivity contribution in [2.75, 3.05) is 26.8 Å². The van der Waals surface area contributed by atoms with E-state index in [4.69, 9.17) is 9.47 Å². The van der Waals surface area contributed by atoms with E-state index < -0.39 is 5.82 Å². The summed E-state index contributed by atoms with van der Waals surface area (Å²) in [4.78, 5) is 26.4. The third kappa shape index (κ3) is 4.55. The highest BCUT2D eigenvalue weighted by Crippen LogP contribution is 2.39. The van der Waals surface area contributed by atoms with Crippen LogP contribution in [0.3, 0.4) is 0 Å². The number of methoxy groups -OCH3 is 1. The van der Waals surface area contributed by atoms with E-state index in [1.807, 2.05) is 4.90 Å². The summed E-state index contributed by atoms with van der Waals surface area (Å²) < 4.78 is 25.1. The predicted molar refractivity (Wildman–Crippen MR) is 105 cm³/mol. The lowest BCUT2D eigenvalue weighted by molar-refractivity contribution is -0.122. The van der Waals surface area contributed by atoms with Crippen molar-refractivity contribution in [3.63, 3.8) is 0 Å². The van der Waals surface area contributed by atoms with Gasteiger partial charge in [0.2, 0.25) is 5.91 Å². The van der Waals surface area contributed by atoms with Crippen molar-refractivity contribution in [1.82, 2.24) is 10.2 Å². The number of amides is 2. The molecule has 3 aliphatic rings. The number of hydrogen-bond acceptors (Lipinski definition) is 4. The highest BCUT2D eigenvalue weighted by Gasteiger charge is 2.44. The van der Waals surface area contributed by atoms with Crippen LogP contribution in [0.4, 0.5) is 4.39 Å². The number of hydrogen-bond donors (Lipinski definition) is 1. The minimum Gasteiger partial charge on any atom is -0.494 e. The van der Waals surface area contributed by atoms with Gasteiger partial charge in [0.15, 0.2) is 11.6 Å². The Labute approximate surface area is 170 Å². The second-order valence-corrected chi connectivity index (χ2v) is 8.67. The van der Waals surface area contributed by atoms with Crippen LogP contribution < -0.4 is 10.1 Å². The van der Waals surface area contributed by atoms with Crippen LogP contribution in [0.1, 0.15) is 43.0 Å². The Morgan fingerprint density at radius 1 is 1.21 bits per heavy atom. The Balaban J connectivity index is 1.43. The monoisotopic (exact) mass is 404 g/mol. The van der Waals surface area contributed by atoms with Gasteiger partial charge >= 0.3 is 0 Å². The molecule has 0 spiro atoms. The van der Waals surface area contributed by atoms with Gasteiger partial charge in [-0.2, -0.15) is 0 Å². The molecule has 2 aliphatic carbocycles. The lowest BCUT2D eigenvalue weighted by Crippen LogP contribution is -2.50. The maximum atomic E-state index is 14.0. The van der Waals surface area contributed by atoms with Gasteiger partial charge in [-0.15, -0.1) is 0 Å². The fraction of sp³-hybridized carbons (Fsp3) is 0.636. The number of carbonyl (C=O) groups excluding carboxylic acids is 2. The molecule has 4 rings (SSSR count). The number of likely N-dealkylation sites (tertiary alicyclic amines) is 1. The molecule has 1 aliphatic heterocycles. The predicted octanol–water partition coefficient (Wildman–Crippen LogP) is 2.62. The molecule has 1 N–H and O–H groups in total. The van der Waals surface area contributed by atoms with Crippen LogP contribution in [0.25, 0.3) is 0 Å². The zero-order valence-corrected chi connectivity index (χ0v) is 17.0. The van der Waals surface area contributed by atoms with Gasteiger partial charge in [-0.3, -0.25) is 9.59 Å². The van der Waals surface area contributed by atoms with E-state index in [2.05, 4.69) is 5.32 Å². The number of carbonyl (C=O) groups is 2. The van der Waals surface area contributed by atoms with Gasteiger partial charge < -0.3 is 19.7 Å². The van der Waals surface area contributed by atoms with Gasteiger partial charge in [0, 0.05) is 32.2 Å². The number of nitrogens with zero attached hydrogens (tertiary/aromatic N) is 1. The molecule has 29 heavy (non-hydrogen) atoms. The summed E-state index contributed by atoms with van der Waals surface area (Å²) in [5.41, 5.74) is 0.335. The van der Waals surface area contributed by atoms with Crippen LogP contribution in [-0.2, 0) is 9.53 Å². The Morgan fingerprint density at radius 3 is 2.55 bits per heavy atom. The summed E-state index contributed by atoms with van der Waals surface area (Å²) in [5.74, 6) is 0.716. The largest absolute Gasteiger partial charge is 0.494 e. The Kier molecular flexibility index (Phi) is 5.76. The van der Waals surface area contributed by atoms with E-state index in [0.29, 0.717) is 36.4 Å². The first-order valence-corrected chi connectivity index (χ1v) is 10.5. The van der Waals surface area contributed by atoms with Crippen LogP contribution in [0.2, 0.25) is 0 Å². The van der Waals surface area contributed by atoms with Crippen LogP contribution in [0, 0.1) is 23.6 Å². The zero-order chi connectivity index (χ0) is 20.5. The molecule has 0 radical (unpaired) electrons. The summed E-state index contributed by atoms with van der Waals surface area (Å²) in [5, 5.41) is 3.05. The molecule has 0 aromatic heterocycles. The van der Waals surface area contributed by atoms with Crippen molar-refractivity contribution in [3.8, 4) is 5.75 Å². The molecule has 0 unspecified atom stereocenters. The van der Waals surface area contributed by atoms with E-state index in [1.165, 1.54) is 39.0 Å². The van der Waals surface area contributed by atoms with Crippen molar-refractivity contribution < 1.29 is 23.5 Å². The molecule has 3 fully saturated rings. The summed E-state index contributed by atoms with van der Waals surface area (Å²) in [7, 11) is 1.40. The number of nitrogens with one attached hydrogen (secondary N) is 1. The fourth-order valence-corrected chi connectivity index (χ4v) is 4.70. The number of benzene rings is 1. The molecule has 6 nitrogen and oxygen atoms in total. The van der Waals surface area contributed by atoms with Crippen LogP contribution in [0.5, 0.6) is 5.75 Å².